The second-order valence-corrected chi connectivity index (χ2v) is 7.04. The van der Waals surface area contributed by atoms with Gasteiger partial charge in [0.05, 0.1) is 27.8 Å². The minimum atomic E-state index is -0.495. The minimum Gasteiger partial charge on any atom is -0.462 e. The molecular weight excluding hydrogens is 361 g/mol. The second-order valence-electron chi connectivity index (χ2n) is 6.22. The number of esters is 1. The molecule has 0 saturated heterocycles. The van der Waals surface area contributed by atoms with Crippen LogP contribution in [0.5, 0.6) is 0 Å². The summed E-state index contributed by atoms with van der Waals surface area (Å²) in [6.07, 6.45) is 1.65. The Morgan fingerprint density at radius 2 is 1.96 bits per heavy atom. The number of rotatable bonds is 5. The van der Waals surface area contributed by atoms with E-state index in [9.17, 15) is 9.59 Å². The molecule has 25 heavy (non-hydrogen) atoms. The number of hydrogen-bond donors (Lipinski definition) is 0. The third-order valence-electron chi connectivity index (χ3n) is 3.79. The fourth-order valence-electron chi connectivity index (χ4n) is 2.68. The van der Waals surface area contributed by atoms with E-state index < -0.39 is 5.97 Å². The van der Waals surface area contributed by atoms with Crippen molar-refractivity contribution < 1.29 is 14.3 Å². The Hall–Kier alpha value is -1.78. The normalized spacial score (nSPS) is 16.4. The standard InChI is InChI=1S/C19H21Cl2NO3/c1-5-25-19(24)17-12(4)22(10-11(2)3)18(23)14(17)8-13-6-7-15(20)16(21)9-13/h6-9,11H,5,10H2,1-4H3. The first-order valence-corrected chi connectivity index (χ1v) is 8.88. The molecule has 1 amide bonds. The zero-order valence-corrected chi connectivity index (χ0v) is 16.2. The van der Waals surface area contributed by atoms with Crippen LogP contribution in [0.25, 0.3) is 6.08 Å². The quantitative estimate of drug-likeness (QED) is 0.547. The van der Waals surface area contributed by atoms with Crippen molar-refractivity contribution in [1.29, 1.82) is 0 Å². The molecule has 1 aliphatic heterocycles. The van der Waals surface area contributed by atoms with Gasteiger partial charge in [0.1, 0.15) is 0 Å². The van der Waals surface area contributed by atoms with Crippen molar-refractivity contribution >= 4 is 41.2 Å². The molecule has 0 spiro atoms. The number of carbonyl (C=O) groups is 2. The first-order chi connectivity index (χ1) is 11.8. The molecule has 6 heteroatoms. The van der Waals surface area contributed by atoms with E-state index in [1.54, 1.807) is 43.0 Å². The molecule has 4 nitrogen and oxygen atoms in total. The average molecular weight is 382 g/mol. The monoisotopic (exact) mass is 381 g/mol. The molecule has 1 heterocycles. The van der Waals surface area contributed by atoms with Gasteiger partial charge in [0, 0.05) is 12.2 Å². The second kappa shape index (κ2) is 8.07. The average Bonchev–Trinajstić information content (AvgIpc) is 2.75. The Morgan fingerprint density at radius 1 is 1.28 bits per heavy atom. The molecule has 0 aromatic heterocycles. The number of allylic oxidation sites excluding steroid dienone is 1. The van der Waals surface area contributed by atoms with Crippen molar-refractivity contribution in [2.75, 3.05) is 13.2 Å². The molecule has 0 saturated carbocycles. The van der Waals surface area contributed by atoms with Crippen LogP contribution in [0.1, 0.15) is 33.3 Å². The molecule has 0 radical (unpaired) electrons. The van der Waals surface area contributed by atoms with Gasteiger partial charge in [-0.3, -0.25) is 4.79 Å². The van der Waals surface area contributed by atoms with E-state index in [1.165, 1.54) is 0 Å². The van der Waals surface area contributed by atoms with Gasteiger partial charge in [-0.05, 0) is 43.5 Å². The maximum atomic E-state index is 12.9. The van der Waals surface area contributed by atoms with Crippen LogP contribution in [0.15, 0.2) is 35.0 Å². The molecule has 1 aromatic rings. The minimum absolute atomic E-state index is 0.208. The largest absolute Gasteiger partial charge is 0.462 e. The Balaban J connectivity index is 2.52. The van der Waals surface area contributed by atoms with Crippen molar-refractivity contribution in [3.05, 3.63) is 50.7 Å². The van der Waals surface area contributed by atoms with E-state index in [1.807, 2.05) is 13.8 Å². The maximum absolute atomic E-state index is 12.9. The molecule has 0 unspecified atom stereocenters. The summed E-state index contributed by atoms with van der Waals surface area (Å²) in [7, 11) is 0. The topological polar surface area (TPSA) is 46.6 Å². The zero-order chi connectivity index (χ0) is 18.7. The third kappa shape index (κ3) is 4.25. The molecule has 0 fully saturated rings. The highest BCUT2D eigenvalue weighted by atomic mass is 35.5. The summed E-state index contributed by atoms with van der Waals surface area (Å²) in [6.45, 7) is 8.32. The van der Waals surface area contributed by atoms with Gasteiger partial charge in [-0.1, -0.05) is 43.1 Å². The van der Waals surface area contributed by atoms with E-state index in [0.717, 1.165) is 0 Å². The highest BCUT2D eigenvalue weighted by Crippen LogP contribution is 2.33. The number of carbonyl (C=O) groups excluding carboxylic acids is 2. The Morgan fingerprint density at radius 3 is 2.52 bits per heavy atom. The summed E-state index contributed by atoms with van der Waals surface area (Å²) in [5.74, 6) is -0.432. The highest BCUT2D eigenvalue weighted by molar-refractivity contribution is 6.42. The number of amides is 1. The molecule has 0 atom stereocenters. The summed E-state index contributed by atoms with van der Waals surface area (Å²) in [6, 6.07) is 5.06. The van der Waals surface area contributed by atoms with Crippen LogP contribution < -0.4 is 0 Å². The molecular formula is C19H21Cl2NO3. The van der Waals surface area contributed by atoms with Gasteiger partial charge in [-0.25, -0.2) is 4.79 Å². The molecule has 0 bridgehead atoms. The summed E-state index contributed by atoms with van der Waals surface area (Å²) in [5.41, 5.74) is 1.93. The number of benzene rings is 1. The predicted octanol–water partition coefficient (Wildman–Crippen LogP) is 4.71. The summed E-state index contributed by atoms with van der Waals surface area (Å²) >= 11 is 12.0. The fourth-order valence-corrected chi connectivity index (χ4v) is 2.99. The molecule has 2 rings (SSSR count). The van der Waals surface area contributed by atoms with Gasteiger partial charge in [0.15, 0.2) is 0 Å². The molecule has 0 N–H and O–H groups in total. The number of ether oxygens (including phenoxy) is 1. The van der Waals surface area contributed by atoms with Crippen molar-refractivity contribution in [3.63, 3.8) is 0 Å². The van der Waals surface area contributed by atoms with Gasteiger partial charge >= 0.3 is 5.97 Å². The fraction of sp³-hybridized carbons (Fsp3) is 0.368. The van der Waals surface area contributed by atoms with E-state index in [4.69, 9.17) is 27.9 Å². The Bertz CT molecular complexity index is 766. The maximum Gasteiger partial charge on any atom is 0.340 e. The third-order valence-corrected chi connectivity index (χ3v) is 4.53. The summed E-state index contributed by atoms with van der Waals surface area (Å²) in [4.78, 5) is 26.9. The smallest absolute Gasteiger partial charge is 0.340 e. The van der Waals surface area contributed by atoms with Gasteiger partial charge < -0.3 is 9.64 Å². The van der Waals surface area contributed by atoms with Crippen LogP contribution in [-0.2, 0) is 14.3 Å². The van der Waals surface area contributed by atoms with Crippen molar-refractivity contribution in [2.45, 2.75) is 27.7 Å². The summed E-state index contributed by atoms with van der Waals surface area (Å²) in [5, 5.41) is 0.819. The lowest BCUT2D eigenvalue weighted by Crippen LogP contribution is -2.28. The van der Waals surface area contributed by atoms with E-state index in [-0.39, 0.29) is 18.4 Å². The highest BCUT2D eigenvalue weighted by Gasteiger charge is 2.37. The van der Waals surface area contributed by atoms with Crippen LogP contribution in [0, 0.1) is 5.92 Å². The Kier molecular flexibility index (Phi) is 6.31. The summed E-state index contributed by atoms with van der Waals surface area (Å²) < 4.78 is 5.14. The van der Waals surface area contributed by atoms with Crippen LogP contribution in [-0.4, -0.2) is 29.9 Å². The van der Waals surface area contributed by atoms with Gasteiger partial charge in [0.2, 0.25) is 0 Å². The first-order valence-electron chi connectivity index (χ1n) is 8.13. The lowest BCUT2D eigenvalue weighted by atomic mass is 10.0. The number of nitrogens with zero attached hydrogens (tertiary/aromatic N) is 1. The SMILES string of the molecule is CCOC(=O)C1=C(C)N(CC(C)C)C(=O)C1=Cc1ccc(Cl)c(Cl)c1. The van der Waals surface area contributed by atoms with Crippen molar-refractivity contribution in [1.82, 2.24) is 4.90 Å². The van der Waals surface area contributed by atoms with Crippen LogP contribution in [0.2, 0.25) is 10.0 Å². The van der Waals surface area contributed by atoms with Gasteiger partial charge in [0.25, 0.3) is 5.91 Å². The molecule has 1 aromatic carbocycles. The molecule has 134 valence electrons. The lowest BCUT2D eigenvalue weighted by molar-refractivity contribution is -0.138. The van der Waals surface area contributed by atoms with Crippen molar-refractivity contribution in [2.24, 2.45) is 5.92 Å². The number of hydrogen-bond acceptors (Lipinski definition) is 3. The van der Waals surface area contributed by atoms with Gasteiger partial charge in [-0.15, -0.1) is 0 Å². The van der Waals surface area contributed by atoms with Gasteiger partial charge in [-0.2, -0.15) is 0 Å². The zero-order valence-electron chi connectivity index (χ0n) is 14.7. The lowest BCUT2D eigenvalue weighted by Gasteiger charge is -2.19. The van der Waals surface area contributed by atoms with E-state index >= 15 is 0 Å². The number of halogens is 2. The predicted molar refractivity (Wildman–Crippen MR) is 100 cm³/mol. The van der Waals surface area contributed by atoms with Crippen molar-refractivity contribution in [3.8, 4) is 0 Å². The Labute approximate surface area is 158 Å². The van der Waals surface area contributed by atoms with Crippen LogP contribution in [0.4, 0.5) is 0 Å². The van der Waals surface area contributed by atoms with Crippen LogP contribution in [0.3, 0.4) is 0 Å². The van der Waals surface area contributed by atoms with E-state index in [2.05, 4.69) is 0 Å². The van der Waals surface area contributed by atoms with Crippen LogP contribution >= 0.6 is 23.2 Å². The molecule has 1 aliphatic rings. The first kappa shape index (κ1) is 19.5. The molecule has 0 aliphatic carbocycles. The van der Waals surface area contributed by atoms with E-state index in [0.29, 0.717) is 39.0 Å².